The van der Waals surface area contributed by atoms with E-state index in [2.05, 4.69) is 16.9 Å². The van der Waals surface area contributed by atoms with E-state index in [0.29, 0.717) is 23.4 Å². The summed E-state index contributed by atoms with van der Waals surface area (Å²) in [5.74, 6) is 0.403. The standard InChI is InChI=1S/C19H29N3O3/c1-14(2)25-19(22(4)16-10-12-21(3)13-11-16)20-18(23)15-6-8-17(24-5)9-7-15/h6-9,14,16H,10-13H2,1-5H3. The average Bonchev–Trinajstić information content (AvgIpc) is 2.61. The highest BCUT2D eigenvalue weighted by atomic mass is 16.5. The first-order chi connectivity index (χ1) is 11.9. The number of aliphatic imine (C=N–C) groups is 1. The molecule has 1 aromatic rings. The molecule has 1 amide bonds. The molecule has 138 valence electrons. The van der Waals surface area contributed by atoms with E-state index in [4.69, 9.17) is 9.47 Å². The normalized spacial score (nSPS) is 16.8. The Kier molecular flexibility index (Phi) is 6.82. The van der Waals surface area contributed by atoms with Crippen LogP contribution in [0.2, 0.25) is 0 Å². The van der Waals surface area contributed by atoms with Crippen LogP contribution in [0.1, 0.15) is 37.0 Å². The number of ether oxygens (including phenoxy) is 2. The van der Waals surface area contributed by atoms with Gasteiger partial charge in [0.15, 0.2) is 0 Å². The molecule has 0 aromatic heterocycles. The smallest absolute Gasteiger partial charge is 0.295 e. The summed E-state index contributed by atoms with van der Waals surface area (Å²) in [6.07, 6.45) is 2.02. The molecule has 1 aromatic carbocycles. The fourth-order valence-corrected chi connectivity index (χ4v) is 2.82. The lowest BCUT2D eigenvalue weighted by molar-refractivity contribution is 0.0979. The van der Waals surface area contributed by atoms with Gasteiger partial charge in [0.25, 0.3) is 11.9 Å². The van der Waals surface area contributed by atoms with Crippen LogP contribution in [0.25, 0.3) is 0 Å². The summed E-state index contributed by atoms with van der Waals surface area (Å²) >= 11 is 0. The van der Waals surface area contributed by atoms with E-state index in [1.807, 2.05) is 25.8 Å². The van der Waals surface area contributed by atoms with E-state index in [-0.39, 0.29) is 12.0 Å². The lowest BCUT2D eigenvalue weighted by Gasteiger charge is -2.36. The second kappa shape index (κ2) is 8.85. The molecule has 0 aliphatic carbocycles. The molecular formula is C19H29N3O3. The lowest BCUT2D eigenvalue weighted by Crippen LogP contribution is -2.46. The number of nitrogens with zero attached hydrogens (tertiary/aromatic N) is 3. The van der Waals surface area contributed by atoms with Crippen molar-refractivity contribution in [2.75, 3.05) is 34.3 Å². The highest BCUT2D eigenvalue weighted by molar-refractivity contribution is 6.01. The number of carbonyl (C=O) groups excluding carboxylic acids is 1. The van der Waals surface area contributed by atoms with Gasteiger partial charge in [-0.25, -0.2) is 0 Å². The predicted molar refractivity (Wildman–Crippen MR) is 99.3 cm³/mol. The summed E-state index contributed by atoms with van der Waals surface area (Å²) in [5, 5.41) is 0. The van der Waals surface area contributed by atoms with Gasteiger partial charge in [0.2, 0.25) is 0 Å². The van der Waals surface area contributed by atoms with Gasteiger partial charge >= 0.3 is 0 Å². The van der Waals surface area contributed by atoms with E-state index in [1.54, 1.807) is 31.4 Å². The fourth-order valence-electron chi connectivity index (χ4n) is 2.82. The Morgan fingerprint density at radius 1 is 1.24 bits per heavy atom. The first kappa shape index (κ1) is 19.2. The molecule has 25 heavy (non-hydrogen) atoms. The van der Waals surface area contributed by atoms with E-state index >= 15 is 0 Å². The number of carbonyl (C=O) groups is 1. The number of amides is 1. The van der Waals surface area contributed by atoms with E-state index in [0.717, 1.165) is 25.9 Å². The maximum Gasteiger partial charge on any atom is 0.295 e. The van der Waals surface area contributed by atoms with Crippen LogP contribution in [-0.2, 0) is 4.74 Å². The van der Waals surface area contributed by atoms with E-state index in [1.165, 1.54) is 0 Å². The van der Waals surface area contributed by atoms with Gasteiger partial charge in [-0.3, -0.25) is 4.79 Å². The van der Waals surface area contributed by atoms with Gasteiger partial charge in [-0.2, -0.15) is 4.99 Å². The van der Waals surface area contributed by atoms with Crippen molar-refractivity contribution in [2.24, 2.45) is 4.99 Å². The minimum Gasteiger partial charge on any atom is -0.497 e. The molecule has 0 atom stereocenters. The molecule has 0 bridgehead atoms. The van der Waals surface area contributed by atoms with Gasteiger partial charge in [-0.05, 0) is 71.1 Å². The Morgan fingerprint density at radius 3 is 2.36 bits per heavy atom. The molecule has 1 aliphatic rings. The second-order valence-electron chi connectivity index (χ2n) is 6.74. The van der Waals surface area contributed by atoms with Crippen molar-refractivity contribution in [3.63, 3.8) is 0 Å². The molecule has 0 unspecified atom stereocenters. The summed E-state index contributed by atoms with van der Waals surface area (Å²) in [5.41, 5.74) is 0.516. The van der Waals surface area contributed by atoms with E-state index < -0.39 is 0 Å². The Labute approximate surface area is 150 Å². The maximum absolute atomic E-state index is 12.5. The Morgan fingerprint density at radius 2 is 1.84 bits per heavy atom. The number of benzene rings is 1. The molecule has 0 radical (unpaired) electrons. The predicted octanol–water partition coefficient (Wildman–Crippen LogP) is 2.64. The van der Waals surface area contributed by atoms with Crippen molar-refractivity contribution in [3.8, 4) is 5.75 Å². The lowest BCUT2D eigenvalue weighted by atomic mass is 10.0. The largest absolute Gasteiger partial charge is 0.497 e. The maximum atomic E-state index is 12.5. The summed E-state index contributed by atoms with van der Waals surface area (Å²) in [7, 11) is 5.68. The zero-order valence-corrected chi connectivity index (χ0v) is 15.9. The Balaban J connectivity index is 2.16. The summed E-state index contributed by atoms with van der Waals surface area (Å²) in [6, 6.07) is 7.67. The number of hydrogen-bond donors (Lipinski definition) is 0. The molecule has 0 N–H and O–H groups in total. The monoisotopic (exact) mass is 347 g/mol. The third-order valence-electron chi connectivity index (χ3n) is 4.41. The Bertz CT molecular complexity index is 590. The highest BCUT2D eigenvalue weighted by Crippen LogP contribution is 2.17. The van der Waals surface area contributed by atoms with Crippen molar-refractivity contribution in [1.29, 1.82) is 0 Å². The zero-order valence-electron chi connectivity index (χ0n) is 15.9. The van der Waals surface area contributed by atoms with Gasteiger partial charge in [-0.1, -0.05) is 0 Å². The molecular weight excluding hydrogens is 318 g/mol. The Hall–Kier alpha value is -2.08. The number of methoxy groups -OCH3 is 1. The summed E-state index contributed by atoms with van der Waals surface area (Å²) in [4.78, 5) is 21.1. The molecule has 1 aliphatic heterocycles. The number of hydrogen-bond acceptors (Lipinski definition) is 4. The van der Waals surface area contributed by atoms with E-state index in [9.17, 15) is 4.79 Å². The SMILES string of the molecule is COc1ccc(C(=O)N=C(OC(C)C)N(C)C2CCN(C)CC2)cc1. The molecule has 0 saturated carbocycles. The van der Waals surface area contributed by atoms with Crippen molar-refractivity contribution in [1.82, 2.24) is 9.80 Å². The van der Waals surface area contributed by atoms with Crippen molar-refractivity contribution in [2.45, 2.75) is 38.8 Å². The number of likely N-dealkylation sites (tertiary alicyclic amines) is 1. The van der Waals surface area contributed by atoms with Crippen LogP contribution < -0.4 is 4.74 Å². The van der Waals surface area contributed by atoms with Crippen molar-refractivity contribution >= 4 is 11.9 Å². The van der Waals surface area contributed by atoms with Crippen LogP contribution in [0, 0.1) is 0 Å². The number of amidine groups is 1. The van der Waals surface area contributed by atoms with Crippen molar-refractivity contribution < 1.29 is 14.3 Å². The van der Waals surface area contributed by atoms with Crippen LogP contribution in [0.3, 0.4) is 0 Å². The van der Waals surface area contributed by atoms with Crippen LogP contribution in [0.15, 0.2) is 29.3 Å². The zero-order chi connectivity index (χ0) is 18.4. The van der Waals surface area contributed by atoms with Gasteiger partial charge in [0.1, 0.15) is 5.75 Å². The first-order valence-electron chi connectivity index (χ1n) is 8.75. The van der Waals surface area contributed by atoms with Crippen LogP contribution in [0.5, 0.6) is 5.75 Å². The molecule has 1 fully saturated rings. The topological polar surface area (TPSA) is 54.4 Å². The molecule has 0 spiro atoms. The van der Waals surface area contributed by atoms with Gasteiger partial charge < -0.3 is 19.3 Å². The third kappa shape index (κ3) is 5.46. The van der Waals surface area contributed by atoms with Gasteiger partial charge in [0.05, 0.1) is 13.2 Å². The molecule has 6 nitrogen and oxygen atoms in total. The molecule has 1 saturated heterocycles. The average molecular weight is 347 g/mol. The fraction of sp³-hybridized carbons (Fsp3) is 0.579. The second-order valence-corrected chi connectivity index (χ2v) is 6.74. The summed E-state index contributed by atoms with van der Waals surface area (Å²) < 4.78 is 11.0. The number of rotatable bonds is 4. The van der Waals surface area contributed by atoms with Crippen LogP contribution in [-0.4, -0.2) is 68.2 Å². The first-order valence-corrected chi connectivity index (χ1v) is 8.75. The summed E-state index contributed by atoms with van der Waals surface area (Å²) in [6.45, 7) is 5.96. The number of piperidine rings is 1. The van der Waals surface area contributed by atoms with Gasteiger partial charge in [0, 0.05) is 18.7 Å². The van der Waals surface area contributed by atoms with Crippen LogP contribution >= 0.6 is 0 Å². The minimum atomic E-state index is -0.307. The molecule has 1 heterocycles. The van der Waals surface area contributed by atoms with Gasteiger partial charge in [-0.15, -0.1) is 0 Å². The molecule has 6 heteroatoms. The minimum absolute atomic E-state index is 0.0452. The highest BCUT2D eigenvalue weighted by Gasteiger charge is 2.25. The van der Waals surface area contributed by atoms with Crippen LogP contribution in [0.4, 0.5) is 0 Å². The van der Waals surface area contributed by atoms with Crippen molar-refractivity contribution in [3.05, 3.63) is 29.8 Å². The molecule has 2 rings (SSSR count). The third-order valence-corrected chi connectivity index (χ3v) is 4.41. The quantitative estimate of drug-likeness (QED) is 0.619.